The van der Waals surface area contributed by atoms with Crippen LogP contribution in [0.25, 0.3) is 0 Å². The normalized spacial score (nSPS) is 11.2. The average Bonchev–Trinajstić information content (AvgIpc) is 2.40. The maximum absolute atomic E-state index is 11.7. The summed E-state index contributed by atoms with van der Waals surface area (Å²) in [6, 6.07) is 10.3. The molecule has 0 heterocycles. The van der Waals surface area contributed by atoms with E-state index in [0.717, 1.165) is 10.7 Å². The van der Waals surface area contributed by atoms with Crippen LogP contribution in [0.3, 0.4) is 0 Å². The Morgan fingerprint density at radius 2 is 1.90 bits per heavy atom. The van der Waals surface area contributed by atoms with Gasteiger partial charge in [-0.25, -0.2) is 8.42 Å². The number of nitrogens with one attached hydrogen (secondary N) is 1. The Labute approximate surface area is 132 Å². The number of nitrogen functional groups attached to an aromatic ring is 1. The number of halogens is 1. The molecule has 7 heteroatoms. The van der Waals surface area contributed by atoms with Crippen molar-refractivity contribution in [2.24, 2.45) is 0 Å². The van der Waals surface area contributed by atoms with E-state index in [9.17, 15) is 8.42 Å². The summed E-state index contributed by atoms with van der Waals surface area (Å²) in [5.74, 6) is 0.627. The SMILES string of the molecule is COc1ccc(Br)cc1Nc1cccc(S(C)(=O)=O)c1N. The Kier molecular flexibility index (Phi) is 4.43. The number of ether oxygens (including phenoxy) is 1. The summed E-state index contributed by atoms with van der Waals surface area (Å²) in [5.41, 5.74) is 7.33. The molecule has 0 radical (unpaired) electrons. The largest absolute Gasteiger partial charge is 0.495 e. The van der Waals surface area contributed by atoms with Crippen LogP contribution < -0.4 is 15.8 Å². The van der Waals surface area contributed by atoms with E-state index in [0.29, 0.717) is 17.1 Å². The molecular formula is C14H15BrN2O3S. The van der Waals surface area contributed by atoms with Gasteiger partial charge in [-0.1, -0.05) is 22.0 Å². The lowest BCUT2D eigenvalue weighted by molar-refractivity contribution is 0.417. The summed E-state index contributed by atoms with van der Waals surface area (Å²) in [6.45, 7) is 0. The molecule has 0 aromatic heterocycles. The molecule has 21 heavy (non-hydrogen) atoms. The van der Waals surface area contributed by atoms with Crippen LogP contribution in [0.5, 0.6) is 5.75 Å². The molecule has 0 unspecified atom stereocenters. The van der Waals surface area contributed by atoms with Crippen LogP contribution in [0.1, 0.15) is 0 Å². The third-order valence-electron chi connectivity index (χ3n) is 2.90. The molecule has 0 atom stereocenters. The zero-order valence-electron chi connectivity index (χ0n) is 11.6. The van der Waals surface area contributed by atoms with Crippen LogP contribution >= 0.6 is 15.9 Å². The summed E-state index contributed by atoms with van der Waals surface area (Å²) in [6.07, 6.45) is 1.13. The highest BCUT2D eigenvalue weighted by molar-refractivity contribution is 9.10. The van der Waals surface area contributed by atoms with Gasteiger partial charge in [0.25, 0.3) is 0 Å². The number of para-hydroxylation sites is 1. The number of anilines is 3. The highest BCUT2D eigenvalue weighted by Gasteiger charge is 2.15. The van der Waals surface area contributed by atoms with E-state index in [1.165, 1.54) is 6.07 Å². The Hall–Kier alpha value is -1.73. The van der Waals surface area contributed by atoms with Gasteiger partial charge in [-0.05, 0) is 30.3 Å². The lowest BCUT2D eigenvalue weighted by Crippen LogP contribution is -2.05. The smallest absolute Gasteiger partial charge is 0.177 e. The van der Waals surface area contributed by atoms with Crippen molar-refractivity contribution in [1.29, 1.82) is 0 Å². The van der Waals surface area contributed by atoms with Gasteiger partial charge < -0.3 is 15.8 Å². The summed E-state index contributed by atoms with van der Waals surface area (Å²) < 4.78 is 29.5. The second-order valence-corrected chi connectivity index (χ2v) is 7.36. The van der Waals surface area contributed by atoms with Gasteiger partial charge in [0.2, 0.25) is 0 Å². The fourth-order valence-corrected chi connectivity index (χ4v) is 3.10. The third-order valence-corrected chi connectivity index (χ3v) is 4.54. The van der Waals surface area contributed by atoms with Crippen LogP contribution in [0.4, 0.5) is 17.1 Å². The molecule has 0 aliphatic carbocycles. The topological polar surface area (TPSA) is 81.4 Å². The average molecular weight is 371 g/mol. The quantitative estimate of drug-likeness (QED) is 0.807. The van der Waals surface area contributed by atoms with Crippen molar-refractivity contribution in [3.63, 3.8) is 0 Å². The van der Waals surface area contributed by atoms with Crippen molar-refractivity contribution in [1.82, 2.24) is 0 Å². The predicted molar refractivity (Wildman–Crippen MR) is 87.9 cm³/mol. The van der Waals surface area contributed by atoms with E-state index in [-0.39, 0.29) is 10.6 Å². The first-order valence-electron chi connectivity index (χ1n) is 6.02. The number of methoxy groups -OCH3 is 1. The molecule has 112 valence electrons. The highest BCUT2D eigenvalue weighted by Crippen LogP contribution is 2.34. The molecule has 2 aromatic rings. The van der Waals surface area contributed by atoms with E-state index in [4.69, 9.17) is 10.5 Å². The van der Waals surface area contributed by atoms with Crippen molar-refractivity contribution < 1.29 is 13.2 Å². The van der Waals surface area contributed by atoms with Crippen LogP contribution in [0.2, 0.25) is 0 Å². The molecule has 0 saturated heterocycles. The van der Waals surface area contributed by atoms with Gasteiger partial charge in [0.15, 0.2) is 9.84 Å². The maximum atomic E-state index is 11.7. The highest BCUT2D eigenvalue weighted by atomic mass is 79.9. The summed E-state index contributed by atoms with van der Waals surface area (Å²) in [5, 5.41) is 3.10. The molecule has 0 aliphatic rings. The van der Waals surface area contributed by atoms with Gasteiger partial charge in [0, 0.05) is 10.7 Å². The number of hydrogen-bond acceptors (Lipinski definition) is 5. The van der Waals surface area contributed by atoms with E-state index in [2.05, 4.69) is 21.2 Å². The first-order chi connectivity index (χ1) is 9.82. The second-order valence-electron chi connectivity index (χ2n) is 4.46. The molecular weight excluding hydrogens is 356 g/mol. The molecule has 3 N–H and O–H groups in total. The molecule has 0 fully saturated rings. The lowest BCUT2D eigenvalue weighted by atomic mass is 10.2. The van der Waals surface area contributed by atoms with E-state index in [1.54, 1.807) is 25.3 Å². The summed E-state index contributed by atoms with van der Waals surface area (Å²) in [7, 11) is -1.82. The number of rotatable bonds is 4. The molecule has 0 spiro atoms. The van der Waals surface area contributed by atoms with Crippen LogP contribution in [-0.4, -0.2) is 21.8 Å². The van der Waals surface area contributed by atoms with E-state index in [1.807, 2.05) is 12.1 Å². The van der Waals surface area contributed by atoms with Gasteiger partial charge in [0.1, 0.15) is 5.75 Å². The second kappa shape index (κ2) is 5.95. The maximum Gasteiger partial charge on any atom is 0.177 e. The number of benzene rings is 2. The van der Waals surface area contributed by atoms with Crippen molar-refractivity contribution >= 4 is 42.8 Å². The van der Waals surface area contributed by atoms with Gasteiger partial charge in [-0.3, -0.25) is 0 Å². The molecule has 0 bridgehead atoms. The lowest BCUT2D eigenvalue weighted by Gasteiger charge is -2.15. The first-order valence-corrected chi connectivity index (χ1v) is 8.70. The Morgan fingerprint density at radius 1 is 1.19 bits per heavy atom. The minimum Gasteiger partial charge on any atom is -0.495 e. The van der Waals surface area contributed by atoms with E-state index >= 15 is 0 Å². The van der Waals surface area contributed by atoms with Crippen molar-refractivity contribution in [3.05, 3.63) is 40.9 Å². The van der Waals surface area contributed by atoms with Gasteiger partial charge in [-0.15, -0.1) is 0 Å². The molecule has 0 amide bonds. The van der Waals surface area contributed by atoms with Crippen LogP contribution in [-0.2, 0) is 9.84 Å². The Morgan fingerprint density at radius 3 is 2.52 bits per heavy atom. The monoisotopic (exact) mass is 370 g/mol. The van der Waals surface area contributed by atoms with Crippen molar-refractivity contribution in [2.75, 3.05) is 24.4 Å². The molecule has 0 aliphatic heterocycles. The van der Waals surface area contributed by atoms with Crippen molar-refractivity contribution in [2.45, 2.75) is 4.90 Å². The van der Waals surface area contributed by atoms with Gasteiger partial charge >= 0.3 is 0 Å². The predicted octanol–water partition coefficient (Wildman–Crippen LogP) is 3.19. The van der Waals surface area contributed by atoms with Crippen LogP contribution in [0, 0.1) is 0 Å². The Balaban J connectivity index is 2.48. The van der Waals surface area contributed by atoms with E-state index < -0.39 is 9.84 Å². The minimum atomic E-state index is -3.38. The molecule has 2 aromatic carbocycles. The standard InChI is InChI=1S/C14H15BrN2O3S/c1-20-12-7-6-9(15)8-11(12)17-10-4-3-5-13(14(10)16)21(2,18)19/h3-8,17H,16H2,1-2H3. The zero-order valence-corrected chi connectivity index (χ0v) is 14.0. The fraction of sp³-hybridized carbons (Fsp3) is 0.143. The van der Waals surface area contributed by atoms with Crippen LogP contribution in [0.15, 0.2) is 45.8 Å². The Bertz CT molecular complexity index is 776. The fourth-order valence-electron chi connectivity index (χ4n) is 1.90. The number of nitrogens with two attached hydrogens (primary N) is 1. The first kappa shape index (κ1) is 15.7. The molecule has 5 nitrogen and oxygen atoms in total. The third kappa shape index (κ3) is 3.48. The molecule has 0 saturated carbocycles. The van der Waals surface area contributed by atoms with Crippen molar-refractivity contribution in [3.8, 4) is 5.75 Å². The van der Waals surface area contributed by atoms with Gasteiger partial charge in [0.05, 0.1) is 29.1 Å². The number of sulfone groups is 1. The zero-order chi connectivity index (χ0) is 15.6. The molecule has 2 rings (SSSR count). The summed E-state index contributed by atoms with van der Waals surface area (Å²) >= 11 is 3.38. The van der Waals surface area contributed by atoms with Gasteiger partial charge in [-0.2, -0.15) is 0 Å². The minimum absolute atomic E-state index is 0.0986. The number of hydrogen-bond donors (Lipinski definition) is 2. The summed E-state index contributed by atoms with van der Waals surface area (Å²) in [4.78, 5) is 0.0986.